The summed E-state index contributed by atoms with van der Waals surface area (Å²) in [5, 5.41) is 22.9. The van der Waals surface area contributed by atoms with E-state index in [1.807, 2.05) is 13.8 Å². The van der Waals surface area contributed by atoms with Crippen molar-refractivity contribution >= 4 is 45.4 Å². The normalized spacial score (nSPS) is 21.5. The molecule has 4 N–H and O–H groups in total. The Morgan fingerprint density at radius 1 is 1.35 bits per heavy atom. The van der Waals surface area contributed by atoms with Gasteiger partial charge in [-0.25, -0.2) is 22.6 Å². The van der Waals surface area contributed by atoms with Gasteiger partial charge in [-0.2, -0.15) is 0 Å². The average molecular weight is 534 g/mol. The number of nitrogens with zero attached hydrogens (tertiary/aromatic N) is 5. The number of sulfonamides is 1. The number of nitrogens with two attached hydrogens (primary N) is 1. The zero-order valence-corrected chi connectivity index (χ0v) is 21.7. The van der Waals surface area contributed by atoms with E-state index in [1.165, 1.54) is 21.0 Å². The van der Waals surface area contributed by atoms with Crippen molar-refractivity contribution in [3.63, 3.8) is 0 Å². The highest BCUT2D eigenvalue weighted by molar-refractivity contribution is 8.01. The number of β-lactam (4-membered cyclic amide) rings is 1. The smallest absolute Gasteiger partial charge is 0.352 e. The summed E-state index contributed by atoms with van der Waals surface area (Å²) >= 11 is 2.54. The molecule has 1 amide bonds. The van der Waals surface area contributed by atoms with Crippen LogP contribution in [0.2, 0.25) is 0 Å². The topological polar surface area (TPSA) is 175 Å². The molecule has 0 saturated carbocycles. The molecule has 2 aliphatic rings. The van der Waals surface area contributed by atoms with E-state index in [2.05, 4.69) is 20.6 Å². The van der Waals surface area contributed by atoms with Gasteiger partial charge in [0, 0.05) is 24.1 Å². The highest BCUT2D eigenvalue weighted by Gasteiger charge is 2.52. The van der Waals surface area contributed by atoms with Crippen molar-refractivity contribution in [2.75, 3.05) is 24.6 Å². The molecule has 3 atom stereocenters. The first-order valence-corrected chi connectivity index (χ1v) is 14.8. The van der Waals surface area contributed by atoms with E-state index in [0.717, 1.165) is 37.4 Å². The first-order chi connectivity index (χ1) is 16.2. The number of nitrogens with one attached hydrogen (secondary N) is 1. The minimum Gasteiger partial charge on any atom is -0.477 e. The Morgan fingerprint density at radius 3 is 2.59 bits per heavy atom. The first-order valence-electron chi connectivity index (χ1n) is 11.3. The molecular weight excluding hydrogens is 502 g/mol. The van der Waals surface area contributed by atoms with Gasteiger partial charge in [0.25, 0.3) is 0 Å². The first kappa shape index (κ1) is 26.9. The molecule has 1 aromatic rings. The van der Waals surface area contributed by atoms with Crippen LogP contribution in [0.1, 0.15) is 46.0 Å². The highest BCUT2D eigenvalue weighted by atomic mass is 32.2. The van der Waals surface area contributed by atoms with E-state index in [-0.39, 0.29) is 17.9 Å². The standard InChI is InChI=1S/C19H31N7O5S3/c1-3-5-8-25(9-6-4-2)34(30,31)10-7-13(33-19-21-23-24-22-19)12-11-32-17-14(20)16(27)26(17)15(12)18(28)29/h13-14,17H,3-11,20H2,1-2H3,(H,28,29)(H,21,22,23,24)/t13?,14?,17-/m0/s1. The second-order valence-corrected chi connectivity index (χ2v) is 12.5. The number of carbonyl (C=O) groups is 2. The largest absolute Gasteiger partial charge is 0.477 e. The van der Waals surface area contributed by atoms with Crippen LogP contribution in [0.15, 0.2) is 16.4 Å². The molecule has 1 aromatic heterocycles. The van der Waals surface area contributed by atoms with E-state index >= 15 is 0 Å². The molecule has 2 aliphatic heterocycles. The zero-order chi connectivity index (χ0) is 24.9. The Bertz CT molecular complexity index is 994. The molecule has 15 heteroatoms. The number of thioether (sulfide) groups is 2. The summed E-state index contributed by atoms with van der Waals surface area (Å²) in [6.45, 7) is 4.95. The lowest BCUT2D eigenvalue weighted by molar-refractivity contribution is -0.148. The fourth-order valence-electron chi connectivity index (χ4n) is 3.87. The predicted octanol–water partition coefficient (Wildman–Crippen LogP) is 0.864. The number of amides is 1. The third-order valence-corrected chi connectivity index (χ3v) is 10.2. The van der Waals surface area contributed by atoms with Gasteiger partial charge in [0.1, 0.15) is 17.1 Å². The third kappa shape index (κ3) is 5.93. The molecule has 0 radical (unpaired) electrons. The number of tetrazole rings is 1. The van der Waals surface area contributed by atoms with Gasteiger partial charge < -0.3 is 10.8 Å². The van der Waals surface area contributed by atoms with Gasteiger partial charge in [0.2, 0.25) is 21.1 Å². The third-order valence-electron chi connectivity index (χ3n) is 5.76. The molecule has 0 bridgehead atoms. The molecule has 3 rings (SSSR count). The van der Waals surface area contributed by atoms with Gasteiger partial charge in [-0.3, -0.25) is 9.69 Å². The molecule has 12 nitrogen and oxygen atoms in total. The summed E-state index contributed by atoms with van der Waals surface area (Å²) in [4.78, 5) is 25.7. The van der Waals surface area contributed by atoms with Gasteiger partial charge in [-0.15, -0.1) is 16.9 Å². The minimum atomic E-state index is -3.57. The number of hydrogen-bond donors (Lipinski definition) is 3. The van der Waals surface area contributed by atoms with Gasteiger partial charge in [0.15, 0.2) is 0 Å². The van der Waals surface area contributed by atoms with Crippen LogP contribution in [-0.2, 0) is 19.6 Å². The fourth-order valence-corrected chi connectivity index (χ4v) is 8.12. The Hall–Kier alpha value is -1.68. The molecule has 2 unspecified atom stereocenters. The van der Waals surface area contributed by atoms with Crippen molar-refractivity contribution in [1.29, 1.82) is 0 Å². The van der Waals surface area contributed by atoms with Crippen molar-refractivity contribution in [3.8, 4) is 0 Å². The summed E-state index contributed by atoms with van der Waals surface area (Å²) in [7, 11) is -3.57. The fraction of sp³-hybridized carbons (Fsp3) is 0.737. The highest BCUT2D eigenvalue weighted by Crippen LogP contribution is 2.43. The number of fused-ring (bicyclic) bond motifs is 1. The predicted molar refractivity (Wildman–Crippen MR) is 129 cm³/mol. The monoisotopic (exact) mass is 533 g/mol. The summed E-state index contributed by atoms with van der Waals surface area (Å²) in [5.41, 5.74) is 6.20. The molecule has 0 spiro atoms. The molecule has 0 aromatic carbocycles. The van der Waals surface area contributed by atoms with Crippen LogP contribution < -0.4 is 5.73 Å². The van der Waals surface area contributed by atoms with E-state index in [1.54, 1.807) is 0 Å². The number of rotatable bonds is 14. The van der Waals surface area contributed by atoms with Crippen LogP contribution in [0.25, 0.3) is 0 Å². The van der Waals surface area contributed by atoms with Crippen LogP contribution in [-0.4, -0.2) is 96.5 Å². The lowest BCUT2D eigenvalue weighted by atomic mass is 10.0. The maximum Gasteiger partial charge on any atom is 0.352 e. The van der Waals surface area contributed by atoms with Crippen molar-refractivity contribution in [2.24, 2.45) is 5.73 Å². The van der Waals surface area contributed by atoms with Crippen LogP contribution in [0.5, 0.6) is 0 Å². The Kier molecular flexibility index (Phi) is 9.37. The molecule has 34 heavy (non-hydrogen) atoms. The lowest BCUT2D eigenvalue weighted by Crippen LogP contribution is -2.68. The maximum atomic E-state index is 13.2. The Labute approximate surface area is 207 Å². The number of H-pyrrole nitrogens is 1. The maximum absolute atomic E-state index is 13.2. The zero-order valence-electron chi connectivity index (χ0n) is 19.2. The van der Waals surface area contributed by atoms with Crippen molar-refractivity contribution in [2.45, 2.75) is 67.8 Å². The molecule has 190 valence electrons. The summed E-state index contributed by atoms with van der Waals surface area (Å²) in [6, 6.07) is -0.739. The van der Waals surface area contributed by atoms with E-state index in [0.29, 0.717) is 29.6 Å². The molecule has 0 aliphatic carbocycles. The van der Waals surface area contributed by atoms with Gasteiger partial charge in [-0.1, -0.05) is 38.5 Å². The molecule has 3 heterocycles. The number of aromatic nitrogens is 4. The van der Waals surface area contributed by atoms with Crippen LogP contribution in [0, 0.1) is 0 Å². The van der Waals surface area contributed by atoms with Crippen LogP contribution >= 0.6 is 23.5 Å². The second kappa shape index (κ2) is 11.8. The number of aliphatic carboxylic acids is 1. The Morgan fingerprint density at radius 2 is 2.03 bits per heavy atom. The number of hydrogen-bond acceptors (Lipinski definition) is 10. The summed E-state index contributed by atoms with van der Waals surface area (Å²) in [5.74, 6) is -1.52. The molecule has 1 fully saturated rings. The van der Waals surface area contributed by atoms with E-state index < -0.39 is 38.6 Å². The van der Waals surface area contributed by atoms with Crippen LogP contribution in [0.3, 0.4) is 0 Å². The number of carboxylic acid groups (broad SMARTS) is 1. The number of aromatic amines is 1. The summed E-state index contributed by atoms with van der Waals surface area (Å²) < 4.78 is 28.0. The van der Waals surface area contributed by atoms with Gasteiger partial charge in [-0.05, 0) is 35.3 Å². The lowest BCUT2D eigenvalue weighted by Gasteiger charge is -2.48. The second-order valence-electron chi connectivity index (χ2n) is 8.14. The quantitative estimate of drug-likeness (QED) is 0.228. The van der Waals surface area contributed by atoms with E-state index in [4.69, 9.17) is 5.73 Å². The van der Waals surface area contributed by atoms with E-state index in [9.17, 15) is 23.1 Å². The minimum absolute atomic E-state index is 0.119. The average Bonchev–Trinajstić information content (AvgIpc) is 3.33. The Balaban J connectivity index is 1.87. The van der Waals surface area contributed by atoms with Gasteiger partial charge >= 0.3 is 5.97 Å². The van der Waals surface area contributed by atoms with Crippen LogP contribution in [0.4, 0.5) is 0 Å². The summed E-state index contributed by atoms with van der Waals surface area (Å²) in [6.07, 6.45) is 3.46. The van der Waals surface area contributed by atoms with Crippen molar-refractivity contribution in [1.82, 2.24) is 29.8 Å². The molecule has 1 saturated heterocycles. The van der Waals surface area contributed by atoms with Crippen molar-refractivity contribution < 1.29 is 23.1 Å². The SMILES string of the molecule is CCCCN(CCCC)S(=O)(=O)CCC(Sc1nnn[nH]1)C1=C(C(=O)O)N2C(=O)C(N)[C@@H]2SC1. The van der Waals surface area contributed by atoms with Gasteiger partial charge in [0.05, 0.1) is 5.75 Å². The molecular formula is C19H31N7O5S3. The number of unbranched alkanes of at least 4 members (excludes halogenated alkanes) is 2. The van der Waals surface area contributed by atoms with Crippen molar-refractivity contribution in [3.05, 3.63) is 11.3 Å². The number of carboxylic acids is 1. The number of carbonyl (C=O) groups excluding carboxylic acids is 1.